The van der Waals surface area contributed by atoms with Crippen molar-refractivity contribution in [2.75, 3.05) is 5.32 Å². The van der Waals surface area contributed by atoms with E-state index in [0.717, 1.165) is 15.6 Å². The van der Waals surface area contributed by atoms with Gasteiger partial charge in [-0.25, -0.2) is 4.79 Å². The molecule has 0 bridgehead atoms. The SMILES string of the molecule is Cc1cc(NC(=O)c2ccc(C(=O)O)o2)cc(C)c1Br. The Morgan fingerprint density at radius 2 is 1.70 bits per heavy atom. The molecule has 1 aromatic carbocycles. The highest BCUT2D eigenvalue weighted by atomic mass is 79.9. The smallest absolute Gasteiger partial charge is 0.371 e. The van der Waals surface area contributed by atoms with Gasteiger partial charge in [0.15, 0.2) is 5.76 Å². The van der Waals surface area contributed by atoms with E-state index in [-0.39, 0.29) is 11.5 Å². The summed E-state index contributed by atoms with van der Waals surface area (Å²) in [6, 6.07) is 6.21. The molecule has 0 aliphatic carbocycles. The number of aryl methyl sites for hydroxylation is 2. The number of anilines is 1. The molecule has 0 aliphatic heterocycles. The summed E-state index contributed by atoms with van der Waals surface area (Å²) in [5.74, 6) is -2.00. The molecular formula is C14H12BrNO4. The van der Waals surface area contributed by atoms with Gasteiger partial charge in [-0.15, -0.1) is 0 Å². The Balaban J connectivity index is 2.21. The number of aromatic carboxylic acids is 1. The van der Waals surface area contributed by atoms with Crippen LogP contribution in [-0.4, -0.2) is 17.0 Å². The monoisotopic (exact) mass is 337 g/mol. The van der Waals surface area contributed by atoms with E-state index in [2.05, 4.69) is 21.2 Å². The van der Waals surface area contributed by atoms with Crippen molar-refractivity contribution in [3.05, 3.63) is 51.4 Å². The third kappa shape index (κ3) is 2.91. The van der Waals surface area contributed by atoms with Crippen LogP contribution in [-0.2, 0) is 0 Å². The third-order valence-electron chi connectivity index (χ3n) is 2.73. The minimum atomic E-state index is -1.21. The maximum Gasteiger partial charge on any atom is 0.371 e. The summed E-state index contributed by atoms with van der Waals surface area (Å²) in [4.78, 5) is 22.6. The van der Waals surface area contributed by atoms with Crippen LogP contribution in [0.15, 0.2) is 33.2 Å². The highest BCUT2D eigenvalue weighted by Gasteiger charge is 2.15. The summed E-state index contributed by atoms with van der Waals surface area (Å²) in [5.41, 5.74) is 2.61. The minimum absolute atomic E-state index is 0.0411. The molecule has 6 heteroatoms. The van der Waals surface area contributed by atoms with Crippen molar-refractivity contribution in [1.82, 2.24) is 0 Å². The largest absolute Gasteiger partial charge is 0.475 e. The molecule has 0 radical (unpaired) electrons. The number of carboxylic acid groups (broad SMARTS) is 1. The lowest BCUT2D eigenvalue weighted by Gasteiger charge is -2.08. The van der Waals surface area contributed by atoms with Crippen LogP contribution in [0.3, 0.4) is 0 Å². The molecule has 0 saturated carbocycles. The molecule has 0 saturated heterocycles. The molecule has 0 unspecified atom stereocenters. The van der Waals surface area contributed by atoms with Crippen molar-refractivity contribution in [3.8, 4) is 0 Å². The molecule has 1 heterocycles. The molecular weight excluding hydrogens is 326 g/mol. The van der Waals surface area contributed by atoms with Crippen LogP contribution in [0.4, 0.5) is 5.69 Å². The first-order valence-corrected chi connectivity index (χ1v) is 6.59. The van der Waals surface area contributed by atoms with Crippen LogP contribution < -0.4 is 5.32 Å². The van der Waals surface area contributed by atoms with E-state index in [0.29, 0.717) is 5.69 Å². The molecule has 2 N–H and O–H groups in total. The van der Waals surface area contributed by atoms with Crippen molar-refractivity contribution >= 4 is 33.5 Å². The molecule has 20 heavy (non-hydrogen) atoms. The zero-order valence-electron chi connectivity index (χ0n) is 10.9. The number of amides is 1. The second kappa shape index (κ2) is 5.50. The van der Waals surface area contributed by atoms with Crippen LogP contribution >= 0.6 is 15.9 Å². The van der Waals surface area contributed by atoms with Gasteiger partial charge in [-0.2, -0.15) is 0 Å². The Bertz CT molecular complexity index is 667. The Kier molecular flexibility index (Phi) is 3.94. The predicted octanol–water partition coefficient (Wildman–Crippen LogP) is 3.61. The molecule has 104 valence electrons. The molecule has 0 atom stereocenters. The summed E-state index contributed by atoms with van der Waals surface area (Å²) < 4.78 is 5.93. The molecule has 5 nitrogen and oxygen atoms in total. The molecule has 2 aromatic rings. The molecule has 0 fully saturated rings. The van der Waals surface area contributed by atoms with Gasteiger partial charge in [0.25, 0.3) is 5.91 Å². The Hall–Kier alpha value is -2.08. The van der Waals surface area contributed by atoms with Crippen molar-refractivity contribution in [1.29, 1.82) is 0 Å². The number of hydrogen-bond acceptors (Lipinski definition) is 3. The lowest BCUT2D eigenvalue weighted by molar-refractivity contribution is 0.0660. The number of nitrogens with one attached hydrogen (secondary N) is 1. The van der Waals surface area contributed by atoms with E-state index in [4.69, 9.17) is 9.52 Å². The lowest BCUT2D eigenvalue weighted by atomic mass is 10.1. The molecule has 1 aromatic heterocycles. The highest BCUT2D eigenvalue weighted by Crippen LogP contribution is 2.25. The van der Waals surface area contributed by atoms with Crippen LogP contribution in [0.2, 0.25) is 0 Å². The molecule has 1 amide bonds. The summed E-state index contributed by atoms with van der Waals surface area (Å²) in [6.07, 6.45) is 0. The average Bonchev–Trinajstić information content (AvgIpc) is 2.85. The van der Waals surface area contributed by atoms with E-state index in [1.807, 2.05) is 26.0 Å². The van der Waals surface area contributed by atoms with Gasteiger partial charge in [0.05, 0.1) is 0 Å². The zero-order chi connectivity index (χ0) is 14.9. The fourth-order valence-electron chi connectivity index (χ4n) is 1.79. The van der Waals surface area contributed by atoms with E-state index in [1.54, 1.807) is 0 Å². The summed E-state index contributed by atoms with van der Waals surface area (Å²) in [7, 11) is 0. The van der Waals surface area contributed by atoms with Crippen molar-refractivity contribution in [2.24, 2.45) is 0 Å². The van der Waals surface area contributed by atoms with Crippen LogP contribution in [0, 0.1) is 13.8 Å². The Morgan fingerprint density at radius 3 is 2.20 bits per heavy atom. The first kappa shape index (κ1) is 14.3. The van der Waals surface area contributed by atoms with Gasteiger partial charge >= 0.3 is 5.97 Å². The quantitative estimate of drug-likeness (QED) is 0.896. The number of hydrogen-bond donors (Lipinski definition) is 2. The van der Waals surface area contributed by atoms with Gasteiger partial charge in [0.2, 0.25) is 5.76 Å². The number of furan rings is 1. The summed E-state index contributed by atoms with van der Waals surface area (Å²) in [5, 5.41) is 11.4. The topological polar surface area (TPSA) is 79.5 Å². The maximum atomic E-state index is 11.9. The van der Waals surface area contributed by atoms with Gasteiger partial charge in [-0.05, 0) is 49.2 Å². The van der Waals surface area contributed by atoms with Gasteiger partial charge in [0, 0.05) is 10.2 Å². The van der Waals surface area contributed by atoms with E-state index in [1.165, 1.54) is 12.1 Å². The van der Waals surface area contributed by atoms with Crippen molar-refractivity contribution in [2.45, 2.75) is 13.8 Å². The van der Waals surface area contributed by atoms with Gasteiger partial charge in [-0.3, -0.25) is 4.79 Å². The first-order valence-electron chi connectivity index (χ1n) is 5.79. The average molecular weight is 338 g/mol. The standard InChI is InChI=1S/C14H12BrNO4/c1-7-5-9(6-8(2)12(7)15)16-13(17)10-3-4-11(20-10)14(18)19/h3-6H,1-2H3,(H,16,17)(H,18,19). The number of carbonyl (C=O) groups excluding carboxylic acids is 1. The number of rotatable bonds is 3. The van der Waals surface area contributed by atoms with Crippen molar-refractivity contribution < 1.29 is 19.1 Å². The highest BCUT2D eigenvalue weighted by molar-refractivity contribution is 9.10. The maximum absolute atomic E-state index is 11.9. The number of carbonyl (C=O) groups is 2. The summed E-state index contributed by atoms with van der Waals surface area (Å²) in [6.45, 7) is 3.84. The van der Waals surface area contributed by atoms with Gasteiger partial charge in [0.1, 0.15) is 0 Å². The van der Waals surface area contributed by atoms with Gasteiger partial charge in [-0.1, -0.05) is 15.9 Å². The zero-order valence-corrected chi connectivity index (χ0v) is 12.4. The van der Waals surface area contributed by atoms with E-state index < -0.39 is 11.9 Å². The number of halogens is 1. The summed E-state index contributed by atoms with van der Waals surface area (Å²) >= 11 is 3.45. The normalized spacial score (nSPS) is 10.3. The van der Waals surface area contributed by atoms with Crippen LogP contribution in [0.1, 0.15) is 32.2 Å². The minimum Gasteiger partial charge on any atom is -0.475 e. The second-order valence-electron chi connectivity index (χ2n) is 4.35. The fourth-order valence-corrected chi connectivity index (χ4v) is 2.01. The van der Waals surface area contributed by atoms with E-state index in [9.17, 15) is 9.59 Å². The van der Waals surface area contributed by atoms with E-state index >= 15 is 0 Å². The Morgan fingerprint density at radius 1 is 1.15 bits per heavy atom. The first-order chi connectivity index (χ1) is 9.38. The predicted molar refractivity (Wildman–Crippen MR) is 77.2 cm³/mol. The molecule has 0 spiro atoms. The fraction of sp³-hybridized carbons (Fsp3) is 0.143. The number of carboxylic acids is 1. The molecule has 2 rings (SSSR count). The number of benzene rings is 1. The van der Waals surface area contributed by atoms with Crippen molar-refractivity contribution in [3.63, 3.8) is 0 Å². The van der Waals surface area contributed by atoms with Crippen LogP contribution in [0.5, 0.6) is 0 Å². The molecule has 0 aliphatic rings. The third-order valence-corrected chi connectivity index (χ3v) is 3.99. The second-order valence-corrected chi connectivity index (χ2v) is 5.14. The Labute approximate surface area is 123 Å². The lowest BCUT2D eigenvalue weighted by Crippen LogP contribution is -2.11. The van der Waals surface area contributed by atoms with Gasteiger partial charge < -0.3 is 14.8 Å². The van der Waals surface area contributed by atoms with Crippen LogP contribution in [0.25, 0.3) is 0 Å².